The van der Waals surface area contributed by atoms with Crippen molar-refractivity contribution in [2.75, 3.05) is 7.05 Å². The SMILES string of the molecule is CNC(c1ccc(Cl)cc1Cl)c1cccc2ccccc12. The van der Waals surface area contributed by atoms with Crippen molar-refractivity contribution < 1.29 is 0 Å². The van der Waals surface area contributed by atoms with Gasteiger partial charge < -0.3 is 5.32 Å². The quantitative estimate of drug-likeness (QED) is 0.677. The molecule has 0 aliphatic rings. The maximum Gasteiger partial charge on any atom is 0.0595 e. The molecule has 0 fully saturated rings. The summed E-state index contributed by atoms with van der Waals surface area (Å²) in [5.41, 5.74) is 2.24. The molecule has 0 radical (unpaired) electrons. The summed E-state index contributed by atoms with van der Waals surface area (Å²) in [6.07, 6.45) is 0. The van der Waals surface area contributed by atoms with Crippen molar-refractivity contribution in [2.45, 2.75) is 6.04 Å². The third kappa shape index (κ3) is 2.77. The zero-order chi connectivity index (χ0) is 14.8. The Labute approximate surface area is 134 Å². The maximum absolute atomic E-state index is 6.38. The van der Waals surface area contributed by atoms with Crippen LogP contribution in [0.1, 0.15) is 17.2 Å². The van der Waals surface area contributed by atoms with Crippen LogP contribution in [0.5, 0.6) is 0 Å². The first-order valence-corrected chi connectivity index (χ1v) is 7.56. The van der Waals surface area contributed by atoms with Crippen molar-refractivity contribution in [3.05, 3.63) is 81.8 Å². The predicted octanol–water partition coefficient (Wildman–Crippen LogP) is 5.46. The fourth-order valence-electron chi connectivity index (χ4n) is 2.72. The van der Waals surface area contributed by atoms with Crippen LogP contribution in [0.2, 0.25) is 10.0 Å². The first-order valence-electron chi connectivity index (χ1n) is 6.80. The summed E-state index contributed by atoms with van der Waals surface area (Å²) in [7, 11) is 1.94. The highest BCUT2D eigenvalue weighted by Gasteiger charge is 2.17. The Hall–Kier alpha value is -1.54. The molecule has 0 heterocycles. The minimum absolute atomic E-state index is 0.0286. The predicted molar refractivity (Wildman–Crippen MR) is 91.3 cm³/mol. The van der Waals surface area contributed by atoms with Gasteiger partial charge in [0.05, 0.1) is 6.04 Å². The minimum atomic E-state index is 0.0286. The van der Waals surface area contributed by atoms with Gasteiger partial charge in [-0.25, -0.2) is 0 Å². The van der Waals surface area contributed by atoms with E-state index in [-0.39, 0.29) is 6.04 Å². The minimum Gasteiger partial charge on any atom is -0.309 e. The summed E-state index contributed by atoms with van der Waals surface area (Å²) in [5, 5.41) is 7.13. The molecule has 3 aromatic rings. The van der Waals surface area contributed by atoms with Crippen LogP contribution in [-0.2, 0) is 0 Å². The fourth-order valence-corrected chi connectivity index (χ4v) is 3.23. The molecule has 0 aliphatic carbocycles. The standard InChI is InChI=1S/C18H15Cl2N/c1-21-18(16-10-9-13(19)11-17(16)20)15-8-4-6-12-5-2-3-7-14(12)15/h2-11,18,21H,1H3. The van der Waals surface area contributed by atoms with E-state index in [0.29, 0.717) is 10.0 Å². The zero-order valence-corrected chi connectivity index (χ0v) is 13.1. The van der Waals surface area contributed by atoms with Crippen molar-refractivity contribution in [3.63, 3.8) is 0 Å². The van der Waals surface area contributed by atoms with Gasteiger partial charge in [-0.2, -0.15) is 0 Å². The highest BCUT2D eigenvalue weighted by Crippen LogP contribution is 2.33. The van der Waals surface area contributed by atoms with Crippen LogP contribution in [0.25, 0.3) is 10.8 Å². The summed E-state index contributed by atoms with van der Waals surface area (Å²) in [4.78, 5) is 0. The molecule has 1 nitrogen and oxygen atoms in total. The number of hydrogen-bond donors (Lipinski definition) is 1. The molecule has 0 amide bonds. The van der Waals surface area contributed by atoms with E-state index in [1.807, 2.05) is 19.2 Å². The van der Waals surface area contributed by atoms with Crippen LogP contribution in [0.4, 0.5) is 0 Å². The van der Waals surface area contributed by atoms with E-state index >= 15 is 0 Å². The van der Waals surface area contributed by atoms with E-state index in [2.05, 4.69) is 47.8 Å². The third-order valence-corrected chi connectivity index (χ3v) is 4.26. The van der Waals surface area contributed by atoms with E-state index in [1.54, 1.807) is 6.07 Å². The number of benzene rings is 3. The lowest BCUT2D eigenvalue weighted by Gasteiger charge is -2.20. The molecular weight excluding hydrogens is 301 g/mol. The molecule has 0 spiro atoms. The van der Waals surface area contributed by atoms with Gasteiger partial charge in [0.25, 0.3) is 0 Å². The molecule has 1 atom stereocenters. The molecular formula is C18H15Cl2N. The van der Waals surface area contributed by atoms with E-state index in [0.717, 1.165) is 5.56 Å². The highest BCUT2D eigenvalue weighted by molar-refractivity contribution is 6.35. The summed E-state index contributed by atoms with van der Waals surface area (Å²) in [6, 6.07) is 20.4. The molecule has 0 saturated heterocycles. The molecule has 0 bridgehead atoms. The number of hydrogen-bond acceptors (Lipinski definition) is 1. The smallest absolute Gasteiger partial charge is 0.0595 e. The van der Waals surface area contributed by atoms with Gasteiger partial charge in [-0.3, -0.25) is 0 Å². The average Bonchev–Trinajstić information content (AvgIpc) is 2.50. The summed E-state index contributed by atoms with van der Waals surface area (Å²) in [6.45, 7) is 0. The van der Waals surface area contributed by atoms with Crippen molar-refractivity contribution >= 4 is 34.0 Å². The molecule has 1 N–H and O–H groups in total. The van der Waals surface area contributed by atoms with Crippen LogP contribution in [0.3, 0.4) is 0 Å². The highest BCUT2D eigenvalue weighted by atomic mass is 35.5. The lowest BCUT2D eigenvalue weighted by molar-refractivity contribution is 0.697. The molecule has 0 aliphatic heterocycles. The largest absolute Gasteiger partial charge is 0.309 e. The molecule has 3 aromatic carbocycles. The molecule has 106 valence electrons. The Morgan fingerprint density at radius 3 is 2.38 bits per heavy atom. The van der Waals surface area contributed by atoms with Gasteiger partial charge in [-0.05, 0) is 41.1 Å². The van der Waals surface area contributed by atoms with Gasteiger partial charge in [0.1, 0.15) is 0 Å². The molecule has 21 heavy (non-hydrogen) atoms. The fraction of sp³-hybridized carbons (Fsp3) is 0.111. The lowest BCUT2D eigenvalue weighted by Crippen LogP contribution is -2.18. The van der Waals surface area contributed by atoms with Gasteiger partial charge in [0.2, 0.25) is 0 Å². The van der Waals surface area contributed by atoms with E-state index in [1.165, 1.54) is 16.3 Å². The number of fused-ring (bicyclic) bond motifs is 1. The summed E-state index contributed by atoms with van der Waals surface area (Å²) >= 11 is 12.4. The first kappa shape index (κ1) is 14.4. The second-order valence-corrected chi connectivity index (χ2v) is 5.80. The topological polar surface area (TPSA) is 12.0 Å². The van der Waals surface area contributed by atoms with Gasteiger partial charge in [0.15, 0.2) is 0 Å². The van der Waals surface area contributed by atoms with Gasteiger partial charge in [-0.15, -0.1) is 0 Å². The Morgan fingerprint density at radius 2 is 1.62 bits per heavy atom. The Morgan fingerprint density at radius 1 is 0.857 bits per heavy atom. The molecule has 3 rings (SSSR count). The van der Waals surface area contributed by atoms with Crippen LogP contribution in [0.15, 0.2) is 60.7 Å². The maximum atomic E-state index is 6.38. The van der Waals surface area contributed by atoms with Crippen LogP contribution in [0, 0.1) is 0 Å². The van der Waals surface area contributed by atoms with Crippen molar-refractivity contribution in [2.24, 2.45) is 0 Å². The Kier molecular flexibility index (Phi) is 4.16. The van der Waals surface area contributed by atoms with Gasteiger partial charge in [0, 0.05) is 10.0 Å². The summed E-state index contributed by atoms with van der Waals surface area (Å²) < 4.78 is 0. The zero-order valence-electron chi connectivity index (χ0n) is 11.6. The van der Waals surface area contributed by atoms with Crippen LogP contribution < -0.4 is 5.32 Å². The van der Waals surface area contributed by atoms with Crippen LogP contribution >= 0.6 is 23.2 Å². The van der Waals surface area contributed by atoms with E-state index in [9.17, 15) is 0 Å². The number of rotatable bonds is 3. The number of nitrogens with one attached hydrogen (secondary N) is 1. The normalized spacial score (nSPS) is 12.5. The average molecular weight is 316 g/mol. The lowest BCUT2D eigenvalue weighted by atomic mass is 9.94. The van der Waals surface area contributed by atoms with Crippen molar-refractivity contribution in [1.29, 1.82) is 0 Å². The van der Waals surface area contributed by atoms with E-state index < -0.39 is 0 Å². The molecule has 0 saturated carbocycles. The molecule has 0 aromatic heterocycles. The Bertz CT molecular complexity index is 778. The van der Waals surface area contributed by atoms with Crippen molar-refractivity contribution in [1.82, 2.24) is 5.32 Å². The van der Waals surface area contributed by atoms with Crippen molar-refractivity contribution in [3.8, 4) is 0 Å². The van der Waals surface area contributed by atoms with E-state index in [4.69, 9.17) is 23.2 Å². The van der Waals surface area contributed by atoms with Crippen LogP contribution in [-0.4, -0.2) is 7.05 Å². The second kappa shape index (κ2) is 6.07. The Balaban J connectivity index is 2.18. The molecule has 3 heteroatoms. The number of halogens is 2. The second-order valence-electron chi connectivity index (χ2n) is 4.96. The van der Waals surface area contributed by atoms with Gasteiger partial charge in [-0.1, -0.05) is 71.7 Å². The first-order chi connectivity index (χ1) is 10.2. The third-order valence-electron chi connectivity index (χ3n) is 3.70. The summed E-state index contributed by atoms with van der Waals surface area (Å²) in [5.74, 6) is 0. The monoisotopic (exact) mass is 315 g/mol. The molecule has 1 unspecified atom stereocenters. The van der Waals surface area contributed by atoms with Gasteiger partial charge >= 0.3 is 0 Å².